The second-order valence-corrected chi connectivity index (χ2v) is 2.11. The molecule has 0 amide bonds. The maximum absolute atomic E-state index is 11.7. The zero-order valence-electron chi connectivity index (χ0n) is 3.50. The van der Waals surface area contributed by atoms with Crippen molar-refractivity contribution >= 4 is 11.6 Å². The van der Waals surface area contributed by atoms with E-state index in [1.54, 1.807) is 0 Å². The summed E-state index contributed by atoms with van der Waals surface area (Å²) in [6, 6.07) is 0. The van der Waals surface area contributed by atoms with Crippen LogP contribution in [0.4, 0.5) is 8.78 Å². The molecule has 41 valence electrons. The standard InChI is InChI=1S/C4H4ClF2/c5-3-1-2-4(3,6)7/h2-3H,1H2. The van der Waals surface area contributed by atoms with Crippen molar-refractivity contribution < 1.29 is 8.78 Å². The van der Waals surface area contributed by atoms with Crippen LogP contribution in [0.1, 0.15) is 6.42 Å². The summed E-state index contributed by atoms with van der Waals surface area (Å²) in [6.07, 6.45) is 1.26. The molecular weight excluding hydrogens is 121 g/mol. The van der Waals surface area contributed by atoms with Crippen LogP contribution in [0.15, 0.2) is 0 Å². The van der Waals surface area contributed by atoms with Gasteiger partial charge in [0.25, 0.3) is 5.92 Å². The normalized spacial score (nSPS) is 37.3. The first kappa shape index (κ1) is 5.29. The Hall–Kier alpha value is 0.150. The molecule has 0 aliphatic heterocycles. The number of alkyl halides is 3. The molecule has 1 fully saturated rings. The van der Waals surface area contributed by atoms with Crippen LogP contribution >= 0.6 is 11.6 Å². The van der Waals surface area contributed by atoms with E-state index in [1.807, 2.05) is 0 Å². The summed E-state index contributed by atoms with van der Waals surface area (Å²) in [6.45, 7) is 0. The van der Waals surface area contributed by atoms with Crippen molar-refractivity contribution in [3.63, 3.8) is 0 Å². The van der Waals surface area contributed by atoms with Gasteiger partial charge in [0.2, 0.25) is 0 Å². The minimum absolute atomic E-state index is 0.342. The van der Waals surface area contributed by atoms with Crippen molar-refractivity contribution in [3.05, 3.63) is 6.42 Å². The molecule has 7 heavy (non-hydrogen) atoms. The molecule has 1 rings (SSSR count). The highest BCUT2D eigenvalue weighted by Crippen LogP contribution is 2.40. The van der Waals surface area contributed by atoms with E-state index < -0.39 is 11.3 Å². The molecule has 1 aliphatic carbocycles. The van der Waals surface area contributed by atoms with Gasteiger partial charge < -0.3 is 0 Å². The van der Waals surface area contributed by atoms with Crippen LogP contribution in [0.5, 0.6) is 0 Å². The van der Waals surface area contributed by atoms with Gasteiger partial charge in [-0.25, -0.2) is 8.78 Å². The van der Waals surface area contributed by atoms with Gasteiger partial charge in [0, 0.05) is 6.42 Å². The van der Waals surface area contributed by atoms with Gasteiger partial charge in [0.1, 0.15) is 0 Å². The second kappa shape index (κ2) is 1.31. The largest absolute Gasteiger partial charge is 0.267 e. The molecule has 0 aromatic carbocycles. The molecule has 0 nitrogen and oxygen atoms in total. The van der Waals surface area contributed by atoms with Gasteiger partial charge in [-0.3, -0.25) is 0 Å². The molecule has 1 unspecified atom stereocenters. The zero-order valence-corrected chi connectivity index (χ0v) is 4.25. The van der Waals surface area contributed by atoms with E-state index >= 15 is 0 Å². The molecule has 0 spiro atoms. The number of hydrogen-bond donors (Lipinski definition) is 0. The summed E-state index contributed by atoms with van der Waals surface area (Å²) < 4.78 is 23.5. The van der Waals surface area contributed by atoms with E-state index in [2.05, 4.69) is 0 Å². The van der Waals surface area contributed by atoms with Crippen LogP contribution in [0, 0.1) is 6.42 Å². The van der Waals surface area contributed by atoms with E-state index in [0.717, 1.165) is 6.42 Å². The molecule has 1 atom stereocenters. The summed E-state index contributed by atoms with van der Waals surface area (Å²) in [7, 11) is 0. The summed E-state index contributed by atoms with van der Waals surface area (Å²) in [5.74, 6) is -2.68. The Bertz CT molecular complexity index is 81.8. The van der Waals surface area contributed by atoms with Crippen molar-refractivity contribution in [1.29, 1.82) is 0 Å². The topological polar surface area (TPSA) is 0 Å². The Morgan fingerprint density at radius 1 is 1.71 bits per heavy atom. The first-order chi connectivity index (χ1) is 3.13. The van der Waals surface area contributed by atoms with Crippen LogP contribution in [0.2, 0.25) is 0 Å². The second-order valence-electron chi connectivity index (χ2n) is 1.58. The first-order valence-electron chi connectivity index (χ1n) is 1.99. The minimum atomic E-state index is -2.68. The smallest absolute Gasteiger partial charge is 0.205 e. The lowest BCUT2D eigenvalue weighted by atomic mass is 9.94. The molecule has 1 saturated carbocycles. The van der Waals surface area contributed by atoms with Crippen LogP contribution in [0.3, 0.4) is 0 Å². The van der Waals surface area contributed by atoms with Crippen molar-refractivity contribution in [2.75, 3.05) is 0 Å². The van der Waals surface area contributed by atoms with Crippen LogP contribution < -0.4 is 0 Å². The highest BCUT2D eigenvalue weighted by atomic mass is 35.5. The Kier molecular flexibility index (Phi) is 0.991. The Labute approximate surface area is 45.5 Å². The zero-order chi connectivity index (χ0) is 5.49. The molecule has 0 saturated heterocycles. The Morgan fingerprint density at radius 3 is 2.14 bits per heavy atom. The molecule has 3 heteroatoms. The fraction of sp³-hybridized carbons (Fsp3) is 0.750. The van der Waals surface area contributed by atoms with Gasteiger partial charge in [0.15, 0.2) is 0 Å². The monoisotopic (exact) mass is 125 g/mol. The van der Waals surface area contributed by atoms with Gasteiger partial charge in [0.05, 0.1) is 5.38 Å². The van der Waals surface area contributed by atoms with Gasteiger partial charge in [-0.15, -0.1) is 11.6 Å². The molecule has 0 aromatic heterocycles. The maximum atomic E-state index is 11.7. The molecule has 1 aliphatic rings. The predicted octanol–water partition coefficient (Wildman–Crippen LogP) is 1.84. The van der Waals surface area contributed by atoms with E-state index in [9.17, 15) is 8.78 Å². The predicted molar refractivity (Wildman–Crippen MR) is 23.5 cm³/mol. The van der Waals surface area contributed by atoms with E-state index in [1.165, 1.54) is 0 Å². The van der Waals surface area contributed by atoms with Gasteiger partial charge in [-0.2, -0.15) is 0 Å². The average molecular weight is 126 g/mol. The molecule has 0 aromatic rings. The highest BCUT2D eigenvalue weighted by Gasteiger charge is 2.47. The molecule has 1 radical (unpaired) electrons. The molecule has 0 heterocycles. The average Bonchev–Trinajstić information content (AvgIpc) is 1.63. The SMILES string of the molecule is FC1(F)[CH]CC1Cl. The Balaban J connectivity index is 2.43. The first-order valence-corrected chi connectivity index (χ1v) is 2.43. The van der Waals surface area contributed by atoms with Crippen molar-refractivity contribution in [2.45, 2.75) is 17.7 Å². The number of hydrogen-bond acceptors (Lipinski definition) is 0. The lowest BCUT2D eigenvalue weighted by molar-refractivity contribution is -0.0121. The highest BCUT2D eigenvalue weighted by molar-refractivity contribution is 6.22. The minimum Gasteiger partial charge on any atom is -0.205 e. The van der Waals surface area contributed by atoms with Crippen LogP contribution in [-0.2, 0) is 0 Å². The maximum Gasteiger partial charge on any atom is 0.267 e. The van der Waals surface area contributed by atoms with E-state index in [4.69, 9.17) is 11.6 Å². The lowest BCUT2D eigenvalue weighted by Crippen LogP contribution is -2.40. The summed E-state index contributed by atoms with van der Waals surface area (Å²) >= 11 is 5.06. The fourth-order valence-corrected chi connectivity index (χ4v) is 0.563. The Morgan fingerprint density at radius 2 is 2.14 bits per heavy atom. The summed E-state index contributed by atoms with van der Waals surface area (Å²) in [5.41, 5.74) is 0. The van der Waals surface area contributed by atoms with E-state index in [-0.39, 0.29) is 0 Å². The van der Waals surface area contributed by atoms with Crippen LogP contribution in [-0.4, -0.2) is 11.3 Å². The van der Waals surface area contributed by atoms with E-state index in [0.29, 0.717) is 6.42 Å². The lowest BCUT2D eigenvalue weighted by Gasteiger charge is -2.30. The van der Waals surface area contributed by atoms with Crippen molar-refractivity contribution in [1.82, 2.24) is 0 Å². The fourth-order valence-electron chi connectivity index (χ4n) is 0.385. The quantitative estimate of drug-likeness (QED) is 0.434. The van der Waals surface area contributed by atoms with Crippen LogP contribution in [0.25, 0.3) is 0 Å². The summed E-state index contributed by atoms with van der Waals surface area (Å²) in [4.78, 5) is 0. The van der Waals surface area contributed by atoms with Gasteiger partial charge >= 0.3 is 0 Å². The third-order valence-corrected chi connectivity index (χ3v) is 1.48. The van der Waals surface area contributed by atoms with Gasteiger partial charge in [-0.1, -0.05) is 0 Å². The third kappa shape index (κ3) is 0.717. The van der Waals surface area contributed by atoms with Crippen molar-refractivity contribution in [2.24, 2.45) is 0 Å². The van der Waals surface area contributed by atoms with Crippen molar-refractivity contribution in [3.8, 4) is 0 Å². The number of halogens is 3. The van der Waals surface area contributed by atoms with Gasteiger partial charge in [-0.05, 0) is 6.42 Å². The number of rotatable bonds is 0. The molecule has 0 bridgehead atoms. The summed E-state index contributed by atoms with van der Waals surface area (Å²) in [5, 5.41) is -0.938. The molecule has 0 N–H and O–H groups in total. The molecular formula is C4H4ClF2. The third-order valence-electron chi connectivity index (χ3n) is 1.01.